The Hall–Kier alpha value is -1.73. The molecule has 2 aliphatic heterocycles. The fraction of sp³-hybridized carbons (Fsp3) is 0.722. The molecule has 2 aliphatic rings. The van der Waals surface area contributed by atoms with Crippen molar-refractivity contribution in [2.45, 2.75) is 38.8 Å². The van der Waals surface area contributed by atoms with E-state index in [1.165, 1.54) is 0 Å². The zero-order chi connectivity index (χ0) is 17.8. The predicted molar refractivity (Wildman–Crippen MR) is 96.5 cm³/mol. The van der Waals surface area contributed by atoms with Crippen LogP contribution in [0.1, 0.15) is 25.0 Å². The van der Waals surface area contributed by atoms with Crippen LogP contribution in [-0.4, -0.2) is 82.7 Å². The molecule has 0 aliphatic carbocycles. The third-order valence-electron chi connectivity index (χ3n) is 5.36. The first-order chi connectivity index (χ1) is 12.0. The molecule has 1 amide bonds. The van der Waals surface area contributed by atoms with Gasteiger partial charge in [0.2, 0.25) is 5.91 Å². The summed E-state index contributed by atoms with van der Waals surface area (Å²) < 4.78 is 1.55. The smallest absolute Gasteiger partial charge is 0.266 e. The van der Waals surface area contributed by atoms with Gasteiger partial charge in [0.05, 0.1) is 18.3 Å². The maximum Gasteiger partial charge on any atom is 0.266 e. The summed E-state index contributed by atoms with van der Waals surface area (Å²) in [6.07, 6.45) is 3.21. The summed E-state index contributed by atoms with van der Waals surface area (Å²) in [5.74, 6) is 0.279. The zero-order valence-electron chi connectivity index (χ0n) is 15.4. The average molecular weight is 347 g/mol. The first-order valence-corrected chi connectivity index (χ1v) is 9.31. The van der Waals surface area contributed by atoms with Crippen molar-refractivity contribution < 1.29 is 4.79 Å². The van der Waals surface area contributed by atoms with Gasteiger partial charge >= 0.3 is 0 Å². The molecule has 0 radical (unpaired) electrons. The SMILES string of the molecule is Cc1ccc(=O)n(CCN2CCN(C3CCCCN(C)C3=O)CC2)n1. The monoisotopic (exact) mass is 347 g/mol. The van der Waals surface area contributed by atoms with E-state index < -0.39 is 0 Å². The number of likely N-dealkylation sites (tertiary alicyclic amines) is 1. The number of carbonyl (C=O) groups is 1. The van der Waals surface area contributed by atoms with Gasteiger partial charge < -0.3 is 4.90 Å². The van der Waals surface area contributed by atoms with Crippen molar-refractivity contribution in [2.75, 3.05) is 46.3 Å². The molecular formula is C18H29N5O2. The molecule has 0 aromatic carbocycles. The number of rotatable bonds is 4. The Kier molecular flexibility index (Phi) is 5.86. The van der Waals surface area contributed by atoms with Crippen molar-refractivity contribution in [1.82, 2.24) is 24.5 Å². The van der Waals surface area contributed by atoms with Crippen molar-refractivity contribution in [3.8, 4) is 0 Å². The number of carbonyl (C=O) groups excluding carboxylic acids is 1. The lowest BCUT2D eigenvalue weighted by Crippen LogP contribution is -2.55. The van der Waals surface area contributed by atoms with Crippen molar-refractivity contribution in [1.29, 1.82) is 0 Å². The number of hydrogen-bond donors (Lipinski definition) is 0. The number of aryl methyl sites for hydroxylation is 1. The molecule has 138 valence electrons. The van der Waals surface area contributed by atoms with Crippen LogP contribution in [0.5, 0.6) is 0 Å². The highest BCUT2D eigenvalue weighted by atomic mass is 16.2. The van der Waals surface area contributed by atoms with Gasteiger partial charge in [-0.1, -0.05) is 0 Å². The molecule has 3 rings (SSSR count). The topological polar surface area (TPSA) is 61.7 Å². The standard InChI is InChI=1S/C18H29N5O2/c1-15-6-7-17(24)23(19-15)14-11-21-9-12-22(13-10-21)16-5-3-4-8-20(2)18(16)25/h6-7,16H,3-5,8-14H2,1-2H3. The van der Waals surface area contributed by atoms with E-state index in [2.05, 4.69) is 14.9 Å². The Morgan fingerprint density at radius 2 is 1.80 bits per heavy atom. The largest absolute Gasteiger partial charge is 0.344 e. The van der Waals surface area contributed by atoms with E-state index in [0.717, 1.165) is 64.2 Å². The van der Waals surface area contributed by atoms with Gasteiger partial charge in [-0.15, -0.1) is 0 Å². The Balaban J connectivity index is 1.51. The van der Waals surface area contributed by atoms with E-state index in [4.69, 9.17) is 0 Å². The molecule has 1 aromatic heterocycles. The number of likely N-dealkylation sites (N-methyl/N-ethyl adjacent to an activating group) is 1. The lowest BCUT2D eigenvalue weighted by atomic mass is 10.1. The second-order valence-corrected chi connectivity index (χ2v) is 7.19. The summed E-state index contributed by atoms with van der Waals surface area (Å²) in [5, 5.41) is 4.29. The second kappa shape index (κ2) is 8.10. The highest BCUT2D eigenvalue weighted by Crippen LogP contribution is 2.18. The molecule has 7 heteroatoms. The van der Waals surface area contributed by atoms with Crippen LogP contribution in [0.25, 0.3) is 0 Å². The highest BCUT2D eigenvalue weighted by molar-refractivity contribution is 5.81. The Morgan fingerprint density at radius 1 is 1.04 bits per heavy atom. The molecule has 2 fully saturated rings. The van der Waals surface area contributed by atoms with Crippen LogP contribution in [-0.2, 0) is 11.3 Å². The molecule has 0 bridgehead atoms. The number of nitrogens with zero attached hydrogens (tertiary/aromatic N) is 5. The van der Waals surface area contributed by atoms with Gasteiger partial charge in [0.1, 0.15) is 0 Å². The molecule has 2 saturated heterocycles. The molecule has 7 nitrogen and oxygen atoms in total. The second-order valence-electron chi connectivity index (χ2n) is 7.19. The van der Waals surface area contributed by atoms with E-state index in [1.54, 1.807) is 16.8 Å². The van der Waals surface area contributed by atoms with Crippen LogP contribution in [0.4, 0.5) is 0 Å². The van der Waals surface area contributed by atoms with Crippen molar-refractivity contribution in [3.63, 3.8) is 0 Å². The molecular weight excluding hydrogens is 318 g/mol. The Morgan fingerprint density at radius 3 is 2.56 bits per heavy atom. The number of aromatic nitrogens is 2. The van der Waals surface area contributed by atoms with Gasteiger partial charge in [-0.25, -0.2) is 4.68 Å². The summed E-state index contributed by atoms with van der Waals surface area (Å²) in [6, 6.07) is 3.38. The fourth-order valence-corrected chi connectivity index (χ4v) is 3.76. The third-order valence-corrected chi connectivity index (χ3v) is 5.36. The lowest BCUT2D eigenvalue weighted by molar-refractivity contribution is -0.135. The third kappa shape index (κ3) is 4.46. The van der Waals surface area contributed by atoms with Crippen molar-refractivity contribution in [2.24, 2.45) is 0 Å². The highest BCUT2D eigenvalue weighted by Gasteiger charge is 2.31. The van der Waals surface area contributed by atoms with E-state index >= 15 is 0 Å². The van der Waals surface area contributed by atoms with Gasteiger partial charge in [0.15, 0.2) is 0 Å². The van der Waals surface area contributed by atoms with Crippen LogP contribution in [0.2, 0.25) is 0 Å². The summed E-state index contributed by atoms with van der Waals surface area (Å²) in [5.41, 5.74) is 0.816. The van der Waals surface area contributed by atoms with E-state index in [0.29, 0.717) is 6.54 Å². The number of piperazine rings is 1. The Labute approximate surface area is 149 Å². The zero-order valence-corrected chi connectivity index (χ0v) is 15.4. The van der Waals surface area contributed by atoms with E-state index in [9.17, 15) is 9.59 Å². The summed E-state index contributed by atoms with van der Waals surface area (Å²) >= 11 is 0. The van der Waals surface area contributed by atoms with Gasteiger partial charge in [-0.3, -0.25) is 19.4 Å². The lowest BCUT2D eigenvalue weighted by Gasteiger charge is -2.39. The summed E-state index contributed by atoms with van der Waals surface area (Å²) in [6.45, 7) is 7.93. The van der Waals surface area contributed by atoms with Gasteiger partial charge in [0.25, 0.3) is 5.56 Å². The van der Waals surface area contributed by atoms with Crippen LogP contribution < -0.4 is 5.56 Å². The molecule has 3 heterocycles. The van der Waals surface area contributed by atoms with Crippen molar-refractivity contribution >= 4 is 5.91 Å². The predicted octanol–water partition coefficient (Wildman–Crippen LogP) is 0.180. The maximum atomic E-state index is 12.5. The minimum Gasteiger partial charge on any atom is -0.344 e. The molecule has 0 N–H and O–H groups in total. The fourth-order valence-electron chi connectivity index (χ4n) is 3.76. The van der Waals surface area contributed by atoms with Crippen LogP contribution in [0.15, 0.2) is 16.9 Å². The maximum absolute atomic E-state index is 12.5. The molecule has 0 saturated carbocycles. The van der Waals surface area contributed by atoms with Gasteiger partial charge in [-0.2, -0.15) is 5.10 Å². The molecule has 1 atom stereocenters. The molecule has 25 heavy (non-hydrogen) atoms. The first-order valence-electron chi connectivity index (χ1n) is 9.31. The van der Waals surface area contributed by atoms with Crippen molar-refractivity contribution in [3.05, 3.63) is 28.2 Å². The number of hydrogen-bond acceptors (Lipinski definition) is 5. The molecule has 1 unspecified atom stereocenters. The molecule has 0 spiro atoms. The van der Waals surface area contributed by atoms with Gasteiger partial charge in [0, 0.05) is 52.4 Å². The normalized spacial score (nSPS) is 23.7. The van der Waals surface area contributed by atoms with E-state index in [-0.39, 0.29) is 17.5 Å². The summed E-state index contributed by atoms with van der Waals surface area (Å²) in [7, 11) is 1.92. The van der Waals surface area contributed by atoms with Crippen LogP contribution in [0, 0.1) is 6.92 Å². The van der Waals surface area contributed by atoms with Gasteiger partial charge in [-0.05, 0) is 32.3 Å². The number of amides is 1. The van der Waals surface area contributed by atoms with Crippen LogP contribution in [0.3, 0.4) is 0 Å². The minimum absolute atomic E-state index is 0.0451. The van der Waals surface area contributed by atoms with E-state index in [1.807, 2.05) is 18.9 Å². The average Bonchev–Trinajstić information content (AvgIpc) is 2.78. The Bertz CT molecular complexity index is 651. The first kappa shape index (κ1) is 18.1. The summed E-state index contributed by atoms with van der Waals surface area (Å²) in [4.78, 5) is 31.0. The van der Waals surface area contributed by atoms with Crippen LogP contribution >= 0.6 is 0 Å². The quantitative estimate of drug-likeness (QED) is 0.778. The molecule has 1 aromatic rings. The minimum atomic E-state index is -0.0451.